The van der Waals surface area contributed by atoms with Crippen molar-refractivity contribution in [3.63, 3.8) is 0 Å². The Morgan fingerprint density at radius 3 is 2.50 bits per heavy atom. The monoisotopic (exact) mass is 485 g/mol. The van der Waals surface area contributed by atoms with Crippen molar-refractivity contribution in [2.24, 2.45) is 0 Å². The molecule has 0 saturated carbocycles. The average Bonchev–Trinajstić information content (AvgIpc) is 3.45. The number of hydrogen-bond donors (Lipinski definition) is 2. The normalized spacial score (nSPS) is 13.5. The van der Waals surface area contributed by atoms with Gasteiger partial charge in [-0.15, -0.1) is 0 Å². The molecule has 0 spiro atoms. The molecular formula is C24H21Cl2N3O2S. The highest BCUT2D eigenvalue weighted by Gasteiger charge is 2.15. The van der Waals surface area contributed by atoms with Crippen LogP contribution >= 0.6 is 35.4 Å². The minimum absolute atomic E-state index is 0.186. The molecular weight excluding hydrogens is 465 g/mol. The van der Waals surface area contributed by atoms with Gasteiger partial charge in [0.25, 0.3) is 0 Å². The van der Waals surface area contributed by atoms with Crippen molar-refractivity contribution >= 4 is 63.9 Å². The van der Waals surface area contributed by atoms with Gasteiger partial charge in [0.15, 0.2) is 5.11 Å². The summed E-state index contributed by atoms with van der Waals surface area (Å²) in [4.78, 5) is 14.5. The van der Waals surface area contributed by atoms with Crippen molar-refractivity contribution < 1.29 is 9.21 Å². The number of nitrogens with one attached hydrogen (secondary N) is 2. The number of carbonyl (C=O) groups excluding carboxylic acids is 1. The van der Waals surface area contributed by atoms with Gasteiger partial charge in [0.2, 0.25) is 5.91 Å². The van der Waals surface area contributed by atoms with E-state index < -0.39 is 0 Å². The molecule has 164 valence electrons. The predicted molar refractivity (Wildman–Crippen MR) is 135 cm³/mol. The van der Waals surface area contributed by atoms with Crippen LogP contribution in [0, 0.1) is 0 Å². The molecule has 2 heterocycles. The van der Waals surface area contributed by atoms with Crippen LogP contribution in [0.5, 0.6) is 0 Å². The lowest BCUT2D eigenvalue weighted by molar-refractivity contribution is -0.115. The van der Waals surface area contributed by atoms with E-state index in [9.17, 15) is 4.79 Å². The Morgan fingerprint density at radius 1 is 1.03 bits per heavy atom. The molecule has 1 amide bonds. The molecule has 1 fully saturated rings. The van der Waals surface area contributed by atoms with E-state index in [1.165, 1.54) is 18.9 Å². The minimum atomic E-state index is -0.369. The first kappa shape index (κ1) is 22.4. The third-order valence-corrected chi connectivity index (χ3v) is 5.80. The third-order valence-electron chi connectivity index (χ3n) is 5.04. The summed E-state index contributed by atoms with van der Waals surface area (Å²) < 4.78 is 5.75. The number of benzene rings is 2. The van der Waals surface area contributed by atoms with Gasteiger partial charge in [-0.1, -0.05) is 23.2 Å². The van der Waals surface area contributed by atoms with Crippen molar-refractivity contribution in [3.8, 4) is 11.3 Å². The average molecular weight is 486 g/mol. The maximum absolute atomic E-state index is 12.2. The van der Waals surface area contributed by atoms with E-state index in [2.05, 4.69) is 15.5 Å². The number of carbonyl (C=O) groups is 1. The van der Waals surface area contributed by atoms with Crippen LogP contribution in [0.3, 0.4) is 0 Å². The molecule has 4 rings (SSSR count). The first-order chi connectivity index (χ1) is 15.5. The molecule has 3 aromatic rings. The topological polar surface area (TPSA) is 57.5 Å². The van der Waals surface area contributed by atoms with Crippen LogP contribution in [-0.4, -0.2) is 24.1 Å². The molecule has 8 heteroatoms. The summed E-state index contributed by atoms with van der Waals surface area (Å²) in [5, 5.41) is 7.10. The highest BCUT2D eigenvalue weighted by molar-refractivity contribution is 7.80. The van der Waals surface area contributed by atoms with Gasteiger partial charge in [0.1, 0.15) is 11.5 Å². The number of halogens is 2. The molecule has 5 nitrogen and oxygen atoms in total. The molecule has 1 aliphatic rings. The quantitative estimate of drug-likeness (QED) is 0.324. The lowest BCUT2D eigenvalue weighted by atomic mass is 10.2. The fourth-order valence-corrected chi connectivity index (χ4v) is 4.13. The Kier molecular flexibility index (Phi) is 7.15. The lowest BCUT2D eigenvalue weighted by Crippen LogP contribution is -2.32. The Bertz CT molecular complexity index is 1150. The van der Waals surface area contributed by atoms with Crippen molar-refractivity contribution in [1.82, 2.24) is 5.32 Å². The molecule has 1 saturated heterocycles. The van der Waals surface area contributed by atoms with Gasteiger partial charge >= 0.3 is 0 Å². The van der Waals surface area contributed by atoms with E-state index in [1.807, 2.05) is 36.4 Å². The summed E-state index contributed by atoms with van der Waals surface area (Å²) in [6, 6.07) is 16.6. The zero-order chi connectivity index (χ0) is 22.5. The van der Waals surface area contributed by atoms with Gasteiger partial charge in [-0.05, 0) is 85.7 Å². The Hall–Kier alpha value is -2.80. The van der Waals surface area contributed by atoms with Gasteiger partial charge in [0.05, 0.1) is 10.7 Å². The van der Waals surface area contributed by atoms with Crippen LogP contribution in [0.15, 0.2) is 65.1 Å². The number of furan rings is 1. The first-order valence-electron chi connectivity index (χ1n) is 10.2. The molecule has 2 N–H and O–H groups in total. The molecule has 0 aliphatic carbocycles. The van der Waals surface area contributed by atoms with Crippen LogP contribution in [0.25, 0.3) is 17.4 Å². The Labute approximate surface area is 202 Å². The van der Waals surface area contributed by atoms with E-state index in [0.717, 1.165) is 24.3 Å². The van der Waals surface area contributed by atoms with E-state index in [4.69, 9.17) is 39.8 Å². The number of hydrogen-bond acceptors (Lipinski definition) is 4. The third kappa shape index (κ3) is 5.71. The van der Waals surface area contributed by atoms with Crippen LogP contribution in [0.1, 0.15) is 18.6 Å². The lowest BCUT2D eigenvalue weighted by Gasteiger charge is -2.20. The molecule has 1 aliphatic heterocycles. The molecule has 32 heavy (non-hydrogen) atoms. The Balaban J connectivity index is 1.31. The zero-order valence-electron chi connectivity index (χ0n) is 17.1. The minimum Gasteiger partial charge on any atom is -0.457 e. The fraction of sp³-hybridized carbons (Fsp3) is 0.167. The van der Waals surface area contributed by atoms with Gasteiger partial charge < -0.3 is 14.6 Å². The SMILES string of the molecule is O=C(C=Cc1ccc(-c2ccc(Cl)cc2)o1)NC(=S)Nc1ccc(N2CCCC2)c(Cl)c1. The second-order valence-electron chi connectivity index (χ2n) is 7.35. The maximum Gasteiger partial charge on any atom is 0.250 e. The smallest absolute Gasteiger partial charge is 0.250 e. The van der Waals surface area contributed by atoms with E-state index in [1.54, 1.807) is 24.3 Å². The van der Waals surface area contributed by atoms with Gasteiger partial charge in [-0.3, -0.25) is 10.1 Å². The summed E-state index contributed by atoms with van der Waals surface area (Å²) in [6.45, 7) is 2.04. The van der Waals surface area contributed by atoms with E-state index in [-0.39, 0.29) is 11.0 Å². The van der Waals surface area contributed by atoms with Gasteiger partial charge in [0, 0.05) is 35.4 Å². The number of rotatable bonds is 5. The van der Waals surface area contributed by atoms with Crippen molar-refractivity contribution in [2.75, 3.05) is 23.3 Å². The van der Waals surface area contributed by atoms with Gasteiger partial charge in [-0.25, -0.2) is 0 Å². The summed E-state index contributed by atoms with van der Waals surface area (Å²) >= 11 is 17.6. The largest absolute Gasteiger partial charge is 0.457 e. The number of amides is 1. The molecule has 0 radical (unpaired) electrons. The summed E-state index contributed by atoms with van der Waals surface area (Å²) in [6.07, 6.45) is 5.31. The van der Waals surface area contributed by atoms with Crippen LogP contribution in [0.2, 0.25) is 10.0 Å². The molecule has 0 unspecified atom stereocenters. The van der Waals surface area contributed by atoms with Crippen LogP contribution < -0.4 is 15.5 Å². The molecule has 0 atom stereocenters. The van der Waals surface area contributed by atoms with E-state index in [0.29, 0.717) is 27.3 Å². The second kappa shape index (κ2) is 10.2. The summed E-state index contributed by atoms with van der Waals surface area (Å²) in [7, 11) is 0. The molecule has 1 aromatic heterocycles. The van der Waals surface area contributed by atoms with Crippen LogP contribution in [-0.2, 0) is 4.79 Å². The van der Waals surface area contributed by atoms with Crippen molar-refractivity contribution in [2.45, 2.75) is 12.8 Å². The standard InChI is InChI=1S/C24H21Cl2N3O2S/c25-17-5-3-16(4-6-17)22-11-8-19(31-22)9-12-23(30)28-24(32)27-18-7-10-21(20(26)15-18)29-13-1-2-14-29/h3-12,15H,1-2,13-14H2,(H2,27,28,30,32). The summed E-state index contributed by atoms with van der Waals surface area (Å²) in [5.74, 6) is 0.869. The van der Waals surface area contributed by atoms with Gasteiger partial charge in [-0.2, -0.15) is 0 Å². The van der Waals surface area contributed by atoms with Crippen molar-refractivity contribution in [1.29, 1.82) is 0 Å². The summed E-state index contributed by atoms with van der Waals surface area (Å²) in [5.41, 5.74) is 2.63. The second-order valence-corrected chi connectivity index (χ2v) is 8.60. The predicted octanol–water partition coefficient (Wildman–Crippen LogP) is 6.38. The zero-order valence-corrected chi connectivity index (χ0v) is 19.4. The number of thiocarbonyl (C=S) groups is 1. The number of nitrogens with zero attached hydrogens (tertiary/aromatic N) is 1. The molecule has 0 bridgehead atoms. The van der Waals surface area contributed by atoms with Crippen LogP contribution in [0.4, 0.5) is 11.4 Å². The highest BCUT2D eigenvalue weighted by atomic mass is 35.5. The molecule has 2 aromatic carbocycles. The Morgan fingerprint density at radius 2 is 1.78 bits per heavy atom. The number of anilines is 2. The van der Waals surface area contributed by atoms with Crippen molar-refractivity contribution in [3.05, 3.63) is 76.5 Å². The first-order valence-corrected chi connectivity index (χ1v) is 11.3. The maximum atomic E-state index is 12.2. The fourth-order valence-electron chi connectivity index (χ4n) is 3.48. The van der Waals surface area contributed by atoms with E-state index >= 15 is 0 Å². The highest BCUT2D eigenvalue weighted by Crippen LogP contribution is 2.31.